The minimum absolute atomic E-state index is 0.0911. The van der Waals surface area contributed by atoms with Gasteiger partial charge in [0.25, 0.3) is 5.91 Å². The predicted octanol–water partition coefficient (Wildman–Crippen LogP) is 3.05. The van der Waals surface area contributed by atoms with E-state index in [0.29, 0.717) is 19.5 Å². The van der Waals surface area contributed by atoms with Gasteiger partial charge in [0.05, 0.1) is 11.1 Å². The molecule has 2 amide bonds. The number of thiophene rings is 1. The highest BCUT2D eigenvalue weighted by Crippen LogP contribution is 2.43. The molecule has 2 aromatic heterocycles. The molecule has 2 aromatic rings. The molecule has 2 aliphatic heterocycles. The van der Waals surface area contributed by atoms with Crippen LogP contribution in [-0.2, 0) is 9.59 Å². The van der Waals surface area contributed by atoms with E-state index in [9.17, 15) is 22.8 Å². The van der Waals surface area contributed by atoms with Gasteiger partial charge in [0.2, 0.25) is 5.91 Å². The molecule has 2 fully saturated rings. The number of carbonyl (C=O) groups is 3. The SMILES string of the molecule is O=C(O)C(F)(F)F.O=C1CC(c2cccnc2)C2(CCN(C(=O)c3ccsc3)CC2)N1. The summed E-state index contributed by atoms with van der Waals surface area (Å²) in [5, 5.41) is 14.2. The summed E-state index contributed by atoms with van der Waals surface area (Å²) in [4.78, 5) is 39.6. The first-order valence-corrected chi connectivity index (χ1v) is 10.4. The first-order valence-electron chi connectivity index (χ1n) is 9.45. The van der Waals surface area contributed by atoms with Gasteiger partial charge in [-0.1, -0.05) is 6.07 Å². The lowest BCUT2D eigenvalue weighted by Gasteiger charge is -2.42. The van der Waals surface area contributed by atoms with Crippen LogP contribution in [0.4, 0.5) is 13.2 Å². The zero-order valence-corrected chi connectivity index (χ0v) is 17.1. The maximum absolute atomic E-state index is 12.5. The summed E-state index contributed by atoms with van der Waals surface area (Å²) in [7, 11) is 0. The maximum atomic E-state index is 12.5. The normalized spacial score (nSPS) is 20.0. The number of nitrogens with one attached hydrogen (secondary N) is 1. The van der Waals surface area contributed by atoms with Crippen molar-refractivity contribution in [3.63, 3.8) is 0 Å². The lowest BCUT2D eigenvalue weighted by atomic mass is 9.74. The third-order valence-electron chi connectivity index (χ3n) is 5.49. The van der Waals surface area contributed by atoms with Crippen LogP contribution in [0.15, 0.2) is 41.4 Å². The van der Waals surface area contributed by atoms with Gasteiger partial charge in [-0.05, 0) is 35.9 Å². The Kier molecular flexibility index (Phi) is 6.63. The molecule has 7 nitrogen and oxygen atoms in total. The van der Waals surface area contributed by atoms with E-state index in [1.807, 2.05) is 40.1 Å². The van der Waals surface area contributed by atoms with Crippen LogP contribution in [0.3, 0.4) is 0 Å². The Bertz CT molecular complexity index is 927. The number of nitrogens with zero attached hydrogens (tertiary/aromatic N) is 2. The second-order valence-electron chi connectivity index (χ2n) is 7.35. The van der Waals surface area contributed by atoms with Gasteiger partial charge in [0.15, 0.2) is 0 Å². The van der Waals surface area contributed by atoms with E-state index in [0.717, 1.165) is 24.0 Å². The number of pyridine rings is 1. The number of carbonyl (C=O) groups excluding carboxylic acids is 2. The minimum Gasteiger partial charge on any atom is -0.475 e. The molecule has 4 rings (SSSR count). The summed E-state index contributed by atoms with van der Waals surface area (Å²) in [6.07, 6.45) is 0.602. The summed E-state index contributed by atoms with van der Waals surface area (Å²) < 4.78 is 31.7. The first kappa shape index (κ1) is 22.7. The van der Waals surface area contributed by atoms with E-state index >= 15 is 0 Å². The van der Waals surface area contributed by atoms with Gasteiger partial charge >= 0.3 is 12.1 Å². The van der Waals surface area contributed by atoms with Crippen molar-refractivity contribution in [2.24, 2.45) is 0 Å². The highest BCUT2D eigenvalue weighted by atomic mass is 32.1. The number of hydrogen-bond donors (Lipinski definition) is 2. The Morgan fingerprint density at radius 1 is 1.26 bits per heavy atom. The Hall–Kier alpha value is -2.95. The van der Waals surface area contributed by atoms with Crippen LogP contribution in [0, 0.1) is 0 Å². The van der Waals surface area contributed by atoms with Gasteiger partial charge in [-0.2, -0.15) is 24.5 Å². The molecular formula is C20H20F3N3O4S. The molecule has 2 N–H and O–H groups in total. The van der Waals surface area contributed by atoms with Crippen molar-refractivity contribution in [1.29, 1.82) is 0 Å². The number of carboxylic acid groups (broad SMARTS) is 1. The van der Waals surface area contributed by atoms with Crippen LogP contribution in [0.5, 0.6) is 0 Å². The smallest absolute Gasteiger partial charge is 0.475 e. The summed E-state index contributed by atoms with van der Waals surface area (Å²) in [5.41, 5.74) is 1.62. The zero-order valence-electron chi connectivity index (χ0n) is 16.3. The average Bonchev–Trinajstić information content (AvgIpc) is 3.37. The van der Waals surface area contributed by atoms with Crippen LogP contribution in [0.2, 0.25) is 0 Å². The van der Waals surface area contributed by atoms with E-state index < -0.39 is 12.1 Å². The van der Waals surface area contributed by atoms with E-state index in [1.165, 1.54) is 11.3 Å². The van der Waals surface area contributed by atoms with Gasteiger partial charge < -0.3 is 15.3 Å². The number of rotatable bonds is 2. The summed E-state index contributed by atoms with van der Waals surface area (Å²) in [6, 6.07) is 5.83. The van der Waals surface area contributed by atoms with Crippen LogP contribution in [0.25, 0.3) is 0 Å². The monoisotopic (exact) mass is 455 g/mol. The van der Waals surface area contributed by atoms with Gasteiger partial charge in [0.1, 0.15) is 0 Å². The summed E-state index contributed by atoms with van der Waals surface area (Å²) in [5.74, 6) is -2.43. The minimum atomic E-state index is -5.08. The first-order chi connectivity index (χ1) is 14.6. The van der Waals surface area contributed by atoms with Crippen LogP contribution < -0.4 is 5.32 Å². The van der Waals surface area contributed by atoms with E-state index in [1.54, 1.807) is 6.20 Å². The number of piperidine rings is 1. The van der Waals surface area contributed by atoms with Crippen molar-refractivity contribution < 1.29 is 32.7 Å². The van der Waals surface area contributed by atoms with Crippen LogP contribution >= 0.6 is 11.3 Å². The fourth-order valence-electron chi connectivity index (χ4n) is 3.97. The largest absolute Gasteiger partial charge is 0.490 e. The van der Waals surface area contributed by atoms with Crippen molar-refractivity contribution in [2.45, 2.75) is 36.9 Å². The third-order valence-corrected chi connectivity index (χ3v) is 6.17. The fourth-order valence-corrected chi connectivity index (χ4v) is 4.60. The fraction of sp³-hybridized carbons (Fsp3) is 0.400. The molecule has 2 saturated heterocycles. The number of aromatic nitrogens is 1. The molecule has 166 valence electrons. The molecule has 0 aromatic carbocycles. The second-order valence-corrected chi connectivity index (χ2v) is 8.13. The van der Waals surface area contributed by atoms with Crippen molar-refractivity contribution in [1.82, 2.24) is 15.2 Å². The summed E-state index contributed by atoms with van der Waals surface area (Å²) in [6.45, 7) is 1.34. The molecule has 2 aliphatic rings. The molecule has 0 bridgehead atoms. The lowest BCUT2D eigenvalue weighted by molar-refractivity contribution is -0.192. The molecule has 1 atom stereocenters. The number of likely N-dealkylation sites (tertiary alicyclic amines) is 1. The average molecular weight is 455 g/mol. The van der Waals surface area contributed by atoms with Crippen molar-refractivity contribution in [3.05, 3.63) is 52.5 Å². The van der Waals surface area contributed by atoms with Crippen molar-refractivity contribution >= 4 is 29.1 Å². The number of carboxylic acids is 1. The van der Waals surface area contributed by atoms with Gasteiger partial charge in [-0.25, -0.2) is 4.79 Å². The van der Waals surface area contributed by atoms with Crippen LogP contribution in [0.1, 0.15) is 41.1 Å². The molecular weight excluding hydrogens is 435 g/mol. The van der Waals surface area contributed by atoms with Crippen LogP contribution in [-0.4, -0.2) is 57.6 Å². The quantitative estimate of drug-likeness (QED) is 0.725. The van der Waals surface area contributed by atoms with Crippen molar-refractivity contribution in [3.8, 4) is 0 Å². The summed E-state index contributed by atoms with van der Waals surface area (Å²) >= 11 is 1.54. The van der Waals surface area contributed by atoms with E-state index in [-0.39, 0.29) is 23.3 Å². The number of alkyl halides is 3. The molecule has 4 heterocycles. The topological polar surface area (TPSA) is 99.6 Å². The van der Waals surface area contributed by atoms with Gasteiger partial charge in [0, 0.05) is 43.2 Å². The van der Waals surface area contributed by atoms with E-state index in [2.05, 4.69) is 10.3 Å². The third kappa shape index (κ3) is 5.22. The Morgan fingerprint density at radius 3 is 2.45 bits per heavy atom. The molecule has 0 saturated carbocycles. The molecule has 1 unspecified atom stereocenters. The molecule has 0 aliphatic carbocycles. The Morgan fingerprint density at radius 2 is 1.94 bits per heavy atom. The number of amides is 2. The van der Waals surface area contributed by atoms with Gasteiger partial charge in [-0.15, -0.1) is 0 Å². The Balaban J connectivity index is 0.000000339. The standard InChI is InChI=1S/C18H19N3O2S.C2HF3O2/c22-16-10-15(13-2-1-6-19-11-13)18(20-16)4-7-21(8-5-18)17(23)14-3-9-24-12-14;3-2(4,5)1(6)7/h1-3,6,9,11-12,15H,4-5,7-8,10H2,(H,20,22);(H,6,7). The predicted molar refractivity (Wildman–Crippen MR) is 106 cm³/mol. The number of hydrogen-bond acceptors (Lipinski definition) is 5. The zero-order chi connectivity index (χ0) is 22.6. The Labute approximate surface area is 179 Å². The molecule has 31 heavy (non-hydrogen) atoms. The number of halogens is 3. The molecule has 11 heteroatoms. The molecule has 0 radical (unpaired) electrons. The molecule has 1 spiro atoms. The van der Waals surface area contributed by atoms with Crippen molar-refractivity contribution in [2.75, 3.05) is 13.1 Å². The maximum Gasteiger partial charge on any atom is 0.490 e. The lowest BCUT2D eigenvalue weighted by Crippen LogP contribution is -2.54. The highest BCUT2D eigenvalue weighted by molar-refractivity contribution is 7.08. The highest BCUT2D eigenvalue weighted by Gasteiger charge is 2.49. The second kappa shape index (κ2) is 9.04. The number of aliphatic carboxylic acids is 1. The van der Waals surface area contributed by atoms with Gasteiger partial charge in [-0.3, -0.25) is 14.6 Å². The van der Waals surface area contributed by atoms with E-state index in [4.69, 9.17) is 9.90 Å².